The minimum absolute atomic E-state index is 0.00772. The molecule has 0 N–H and O–H groups in total. The zero-order valence-electron chi connectivity index (χ0n) is 16.7. The summed E-state index contributed by atoms with van der Waals surface area (Å²) in [5, 5.41) is 0. The van der Waals surface area contributed by atoms with Crippen LogP contribution in [0.25, 0.3) is 10.4 Å². The van der Waals surface area contributed by atoms with Gasteiger partial charge in [-0.05, 0) is 29.8 Å². The molecule has 30 heavy (non-hydrogen) atoms. The molecule has 8 heteroatoms. The first-order valence-electron chi connectivity index (χ1n) is 10.2. The Morgan fingerprint density at radius 3 is 2.43 bits per heavy atom. The number of rotatable bonds is 6. The van der Waals surface area contributed by atoms with Gasteiger partial charge in [0, 0.05) is 68.3 Å². The van der Waals surface area contributed by atoms with E-state index in [1.807, 2.05) is 17.0 Å². The third kappa shape index (κ3) is 4.76. The lowest BCUT2D eigenvalue weighted by Crippen LogP contribution is -2.48. The number of imide groups is 1. The molecule has 0 saturated carbocycles. The number of amides is 3. The van der Waals surface area contributed by atoms with E-state index in [9.17, 15) is 18.8 Å². The van der Waals surface area contributed by atoms with Crippen LogP contribution in [0, 0.1) is 5.82 Å². The Morgan fingerprint density at radius 1 is 1.00 bits per heavy atom. The van der Waals surface area contributed by atoms with Crippen LogP contribution in [-0.4, -0.2) is 65.1 Å². The second-order valence-corrected chi connectivity index (χ2v) is 8.79. The number of hydrogen-bond acceptors (Lipinski definition) is 5. The summed E-state index contributed by atoms with van der Waals surface area (Å²) < 4.78 is 13.4. The molecule has 2 fully saturated rings. The van der Waals surface area contributed by atoms with Crippen molar-refractivity contribution in [3.8, 4) is 10.4 Å². The zero-order chi connectivity index (χ0) is 21.1. The Labute approximate surface area is 178 Å². The van der Waals surface area contributed by atoms with E-state index in [4.69, 9.17) is 0 Å². The van der Waals surface area contributed by atoms with Crippen LogP contribution in [0.2, 0.25) is 0 Å². The van der Waals surface area contributed by atoms with Gasteiger partial charge in [0.15, 0.2) is 0 Å². The van der Waals surface area contributed by atoms with Crippen LogP contribution in [0.4, 0.5) is 4.39 Å². The van der Waals surface area contributed by atoms with Crippen molar-refractivity contribution in [2.75, 3.05) is 32.7 Å². The van der Waals surface area contributed by atoms with E-state index < -0.39 is 0 Å². The molecule has 3 amide bonds. The van der Waals surface area contributed by atoms with Gasteiger partial charge >= 0.3 is 0 Å². The third-order valence-electron chi connectivity index (χ3n) is 5.58. The van der Waals surface area contributed by atoms with Crippen LogP contribution >= 0.6 is 11.3 Å². The van der Waals surface area contributed by atoms with E-state index in [0.29, 0.717) is 13.1 Å². The average Bonchev–Trinajstić information content (AvgIpc) is 3.33. The van der Waals surface area contributed by atoms with Gasteiger partial charge in [-0.3, -0.25) is 24.2 Å². The highest BCUT2D eigenvalue weighted by molar-refractivity contribution is 7.15. The van der Waals surface area contributed by atoms with Crippen molar-refractivity contribution in [1.82, 2.24) is 14.7 Å². The fourth-order valence-electron chi connectivity index (χ4n) is 3.87. The molecule has 0 radical (unpaired) electrons. The Bertz CT molecular complexity index is 937. The molecule has 1 aromatic carbocycles. The van der Waals surface area contributed by atoms with Gasteiger partial charge in [-0.15, -0.1) is 11.3 Å². The van der Waals surface area contributed by atoms with E-state index in [0.717, 1.165) is 30.1 Å². The number of nitrogens with zero attached hydrogens (tertiary/aromatic N) is 3. The van der Waals surface area contributed by atoms with Gasteiger partial charge < -0.3 is 4.90 Å². The van der Waals surface area contributed by atoms with Crippen molar-refractivity contribution in [3.63, 3.8) is 0 Å². The number of benzene rings is 1. The van der Waals surface area contributed by atoms with Crippen LogP contribution in [0.15, 0.2) is 36.4 Å². The fourth-order valence-corrected chi connectivity index (χ4v) is 4.92. The fraction of sp³-hybridized carbons (Fsp3) is 0.409. The summed E-state index contributed by atoms with van der Waals surface area (Å²) in [5.74, 6) is -0.592. The number of hydrogen-bond donors (Lipinski definition) is 0. The van der Waals surface area contributed by atoms with Gasteiger partial charge in [0.05, 0.1) is 0 Å². The van der Waals surface area contributed by atoms with Gasteiger partial charge in [0.2, 0.25) is 17.7 Å². The van der Waals surface area contributed by atoms with Crippen molar-refractivity contribution in [3.05, 3.63) is 47.1 Å². The second-order valence-electron chi connectivity index (χ2n) is 7.62. The average molecular weight is 430 g/mol. The normalized spacial score (nSPS) is 17.8. The van der Waals surface area contributed by atoms with Crippen molar-refractivity contribution < 1.29 is 18.8 Å². The smallest absolute Gasteiger partial charge is 0.229 e. The molecule has 2 aromatic rings. The summed E-state index contributed by atoms with van der Waals surface area (Å²) in [6.45, 7) is 3.83. The summed E-state index contributed by atoms with van der Waals surface area (Å²) in [4.78, 5) is 43.3. The van der Waals surface area contributed by atoms with Gasteiger partial charge in [0.1, 0.15) is 5.82 Å². The number of likely N-dealkylation sites (tertiary alicyclic amines) is 1. The summed E-state index contributed by atoms with van der Waals surface area (Å²) >= 11 is 1.66. The molecule has 1 aromatic heterocycles. The molecule has 3 heterocycles. The minimum Gasteiger partial charge on any atom is -0.340 e. The van der Waals surface area contributed by atoms with Crippen LogP contribution in [0.5, 0.6) is 0 Å². The summed E-state index contributed by atoms with van der Waals surface area (Å²) in [5.41, 5.74) is 0.886. The minimum atomic E-state index is -0.235. The molecule has 6 nitrogen and oxygen atoms in total. The molecular weight excluding hydrogens is 405 g/mol. The highest BCUT2D eigenvalue weighted by Gasteiger charge is 2.30. The maximum absolute atomic E-state index is 13.4. The van der Waals surface area contributed by atoms with Crippen LogP contribution in [0.1, 0.15) is 24.1 Å². The SMILES string of the molecule is O=C(CCN1C(=O)CCC1=O)N1CCN(Cc2ccc(-c3cccc(F)c3)s2)CC1. The molecule has 0 aliphatic carbocycles. The predicted octanol–water partition coefficient (Wildman–Crippen LogP) is 2.74. The number of halogens is 1. The van der Waals surface area contributed by atoms with E-state index >= 15 is 0 Å². The van der Waals surface area contributed by atoms with Gasteiger partial charge in [0.25, 0.3) is 0 Å². The number of piperazine rings is 1. The number of carbonyl (C=O) groups is 3. The Morgan fingerprint density at radius 2 is 1.73 bits per heavy atom. The van der Waals surface area contributed by atoms with Crippen LogP contribution in [-0.2, 0) is 20.9 Å². The molecule has 0 bridgehead atoms. The molecule has 2 saturated heterocycles. The molecule has 158 valence electrons. The zero-order valence-corrected chi connectivity index (χ0v) is 17.5. The van der Waals surface area contributed by atoms with Crippen molar-refractivity contribution in [2.24, 2.45) is 0 Å². The maximum atomic E-state index is 13.4. The van der Waals surface area contributed by atoms with Gasteiger partial charge in [-0.25, -0.2) is 4.39 Å². The quantitative estimate of drug-likeness (QED) is 0.663. The van der Waals surface area contributed by atoms with E-state index in [1.165, 1.54) is 15.8 Å². The molecule has 4 rings (SSSR count). The van der Waals surface area contributed by atoms with Crippen molar-refractivity contribution >= 4 is 29.1 Å². The number of carbonyl (C=O) groups excluding carboxylic acids is 3. The Balaban J connectivity index is 1.24. The highest BCUT2D eigenvalue weighted by atomic mass is 32.1. The lowest BCUT2D eigenvalue weighted by molar-refractivity contribution is -0.139. The van der Waals surface area contributed by atoms with Crippen LogP contribution in [0.3, 0.4) is 0 Å². The Hall–Kier alpha value is -2.58. The first-order chi connectivity index (χ1) is 14.5. The van der Waals surface area contributed by atoms with Gasteiger partial charge in [-0.2, -0.15) is 0 Å². The molecule has 0 atom stereocenters. The maximum Gasteiger partial charge on any atom is 0.229 e. The first kappa shape index (κ1) is 20.7. The highest BCUT2D eigenvalue weighted by Crippen LogP contribution is 2.29. The first-order valence-corrected chi connectivity index (χ1v) is 11.0. The predicted molar refractivity (Wildman–Crippen MR) is 112 cm³/mol. The Kier molecular flexibility index (Phi) is 6.24. The largest absolute Gasteiger partial charge is 0.340 e. The molecule has 2 aliphatic rings. The van der Waals surface area contributed by atoms with E-state index in [-0.39, 0.29) is 49.3 Å². The van der Waals surface area contributed by atoms with Crippen molar-refractivity contribution in [2.45, 2.75) is 25.8 Å². The molecule has 0 unspecified atom stereocenters. The van der Waals surface area contributed by atoms with E-state index in [1.54, 1.807) is 23.5 Å². The van der Waals surface area contributed by atoms with Crippen LogP contribution < -0.4 is 0 Å². The van der Waals surface area contributed by atoms with Crippen molar-refractivity contribution in [1.29, 1.82) is 0 Å². The summed E-state index contributed by atoms with van der Waals surface area (Å²) in [7, 11) is 0. The molecule has 0 spiro atoms. The summed E-state index contributed by atoms with van der Waals surface area (Å²) in [6.07, 6.45) is 0.712. The lowest BCUT2D eigenvalue weighted by Gasteiger charge is -2.34. The lowest BCUT2D eigenvalue weighted by atomic mass is 10.2. The monoisotopic (exact) mass is 429 g/mol. The standard InChI is InChI=1S/C22H24FN3O3S/c23-17-3-1-2-16(14-17)19-5-4-18(30-19)15-24-10-12-25(13-11-24)20(27)8-9-26-21(28)6-7-22(26)29/h1-5,14H,6-13,15H2. The van der Waals surface area contributed by atoms with E-state index in [2.05, 4.69) is 11.0 Å². The second kappa shape index (κ2) is 9.06. The topological polar surface area (TPSA) is 60.9 Å². The summed E-state index contributed by atoms with van der Waals surface area (Å²) in [6, 6.07) is 10.7. The molecular formula is C22H24FN3O3S. The van der Waals surface area contributed by atoms with Gasteiger partial charge in [-0.1, -0.05) is 12.1 Å². The molecule has 2 aliphatic heterocycles. The number of thiophene rings is 1. The third-order valence-corrected chi connectivity index (χ3v) is 6.70.